The molecule has 2 unspecified atom stereocenters. The van der Waals surface area contributed by atoms with Crippen molar-refractivity contribution in [2.24, 2.45) is 0 Å². The summed E-state index contributed by atoms with van der Waals surface area (Å²) in [5, 5.41) is 23.5. The van der Waals surface area contributed by atoms with Crippen LogP contribution in [0.4, 0.5) is 5.82 Å². The van der Waals surface area contributed by atoms with E-state index >= 15 is 0 Å². The number of aromatic nitrogens is 3. The van der Waals surface area contributed by atoms with E-state index in [1.165, 1.54) is 5.56 Å². The number of aliphatic hydroxyl groups is 1. The molecule has 0 saturated carbocycles. The first kappa shape index (κ1) is 22.4. The summed E-state index contributed by atoms with van der Waals surface area (Å²) in [5.41, 5.74) is 4.88. The van der Waals surface area contributed by atoms with E-state index in [9.17, 15) is 15.0 Å². The van der Waals surface area contributed by atoms with Crippen molar-refractivity contribution in [2.45, 2.75) is 57.1 Å². The highest BCUT2D eigenvalue weighted by Crippen LogP contribution is 2.32. The molecule has 2 aliphatic heterocycles. The lowest BCUT2D eigenvalue weighted by Crippen LogP contribution is -2.14. The van der Waals surface area contributed by atoms with Gasteiger partial charge in [-0.2, -0.15) is 0 Å². The monoisotopic (exact) mass is 462 g/mol. The van der Waals surface area contributed by atoms with E-state index in [0.717, 1.165) is 54.2 Å². The number of ether oxygens (including phenoxy) is 1. The molecular weight excluding hydrogens is 432 g/mol. The number of carboxylic acid groups (broad SMARTS) is 1. The highest BCUT2D eigenvalue weighted by molar-refractivity contribution is 5.68. The zero-order chi connectivity index (χ0) is 23.5. The number of aliphatic carboxylic acids is 1. The molecule has 0 saturated heterocycles. The van der Waals surface area contributed by atoms with E-state index in [1.807, 2.05) is 35.0 Å². The number of imidazole rings is 1. The molecule has 178 valence electrons. The van der Waals surface area contributed by atoms with Crippen molar-refractivity contribution in [1.29, 1.82) is 0 Å². The third kappa shape index (κ3) is 5.07. The van der Waals surface area contributed by atoms with E-state index < -0.39 is 12.1 Å². The molecule has 3 aromatic rings. The number of rotatable bonds is 9. The van der Waals surface area contributed by atoms with Gasteiger partial charge in [0.2, 0.25) is 0 Å². The van der Waals surface area contributed by atoms with E-state index in [0.29, 0.717) is 31.7 Å². The van der Waals surface area contributed by atoms with E-state index in [-0.39, 0.29) is 12.3 Å². The van der Waals surface area contributed by atoms with E-state index in [1.54, 1.807) is 6.33 Å². The Morgan fingerprint density at radius 1 is 1.21 bits per heavy atom. The molecule has 0 aliphatic carbocycles. The molecule has 4 heterocycles. The number of nitrogens with zero attached hydrogens (tertiary/aromatic N) is 3. The number of hydrogen-bond acceptors (Lipinski definition) is 6. The fourth-order valence-corrected chi connectivity index (χ4v) is 4.78. The lowest BCUT2D eigenvalue weighted by molar-refractivity contribution is -0.137. The average Bonchev–Trinajstić information content (AvgIpc) is 3.51. The summed E-state index contributed by atoms with van der Waals surface area (Å²) >= 11 is 0. The zero-order valence-corrected chi connectivity index (χ0v) is 19.1. The first-order chi connectivity index (χ1) is 16.5. The maximum absolute atomic E-state index is 11.5. The molecule has 3 N–H and O–H groups in total. The van der Waals surface area contributed by atoms with Gasteiger partial charge in [0.15, 0.2) is 0 Å². The fraction of sp³-hybridized carbons (Fsp3) is 0.423. The predicted molar refractivity (Wildman–Crippen MR) is 127 cm³/mol. The van der Waals surface area contributed by atoms with Crippen LogP contribution in [0.25, 0.3) is 0 Å². The fourth-order valence-electron chi connectivity index (χ4n) is 4.78. The smallest absolute Gasteiger partial charge is 0.304 e. The van der Waals surface area contributed by atoms with Gasteiger partial charge in [0.25, 0.3) is 0 Å². The molecule has 8 heteroatoms. The molecule has 5 rings (SSSR count). The number of aliphatic hydroxyl groups excluding tert-OH is 1. The maximum atomic E-state index is 11.5. The molecule has 8 nitrogen and oxygen atoms in total. The van der Waals surface area contributed by atoms with Crippen molar-refractivity contribution >= 4 is 11.8 Å². The van der Waals surface area contributed by atoms with Gasteiger partial charge >= 0.3 is 5.97 Å². The average molecular weight is 463 g/mol. The highest BCUT2D eigenvalue weighted by atomic mass is 16.5. The van der Waals surface area contributed by atoms with Crippen LogP contribution in [0.1, 0.15) is 59.4 Å². The second-order valence-electron chi connectivity index (χ2n) is 9.15. The predicted octanol–water partition coefficient (Wildman–Crippen LogP) is 3.50. The number of nitrogens with one attached hydrogen (secondary N) is 1. The van der Waals surface area contributed by atoms with Crippen LogP contribution in [0.2, 0.25) is 0 Å². The second kappa shape index (κ2) is 9.85. The van der Waals surface area contributed by atoms with Crippen molar-refractivity contribution in [1.82, 2.24) is 14.5 Å². The molecule has 34 heavy (non-hydrogen) atoms. The summed E-state index contributed by atoms with van der Waals surface area (Å²) in [6.45, 7) is 2.08. The first-order valence-electron chi connectivity index (χ1n) is 11.9. The number of benzene rings is 1. The van der Waals surface area contributed by atoms with Crippen LogP contribution < -0.4 is 10.1 Å². The zero-order valence-electron chi connectivity index (χ0n) is 19.1. The Morgan fingerprint density at radius 3 is 2.97 bits per heavy atom. The normalized spacial score (nSPS) is 16.1. The second-order valence-corrected chi connectivity index (χ2v) is 9.15. The van der Waals surface area contributed by atoms with Gasteiger partial charge in [-0.1, -0.05) is 18.2 Å². The molecule has 2 atom stereocenters. The number of hydrogen-bond donors (Lipinski definition) is 3. The molecule has 0 bridgehead atoms. The standard InChI is InChI=1S/C26H30N4O4/c31-23(8-7-21-6-5-18-2-1-10-27-26(18)29-21)22-15-30(16-28-22)14-20(13-25(32)33)19-4-3-17-9-11-34-24(17)12-19/h3-6,12,15-16,20,23,31H,1-2,7-11,13-14H2,(H,27,29)(H,32,33). The summed E-state index contributed by atoms with van der Waals surface area (Å²) in [6.07, 6.45) is 7.01. The van der Waals surface area contributed by atoms with Crippen LogP contribution in [0.3, 0.4) is 0 Å². The highest BCUT2D eigenvalue weighted by Gasteiger charge is 2.21. The maximum Gasteiger partial charge on any atom is 0.304 e. The topological polar surface area (TPSA) is 110 Å². The van der Waals surface area contributed by atoms with Crippen LogP contribution in [-0.4, -0.2) is 43.9 Å². The minimum atomic E-state index is -0.848. The summed E-state index contributed by atoms with van der Waals surface area (Å²) in [6, 6.07) is 10.1. The minimum Gasteiger partial charge on any atom is -0.493 e. The molecule has 0 radical (unpaired) electrons. The van der Waals surface area contributed by atoms with Crippen molar-refractivity contribution in [2.75, 3.05) is 18.5 Å². The molecule has 0 spiro atoms. The van der Waals surface area contributed by atoms with Crippen LogP contribution in [0.15, 0.2) is 42.9 Å². The Labute approximate surface area is 198 Å². The Kier molecular flexibility index (Phi) is 6.49. The van der Waals surface area contributed by atoms with Gasteiger partial charge in [-0.3, -0.25) is 4.79 Å². The summed E-state index contributed by atoms with van der Waals surface area (Å²) in [4.78, 5) is 20.6. The molecule has 0 fully saturated rings. The molecule has 2 aromatic heterocycles. The van der Waals surface area contributed by atoms with Gasteiger partial charge in [0, 0.05) is 37.3 Å². The van der Waals surface area contributed by atoms with Gasteiger partial charge in [-0.15, -0.1) is 0 Å². The van der Waals surface area contributed by atoms with Crippen molar-refractivity contribution in [3.63, 3.8) is 0 Å². The third-order valence-electron chi connectivity index (χ3n) is 6.66. The number of aryl methyl sites for hydroxylation is 2. The molecule has 0 amide bonds. The third-order valence-corrected chi connectivity index (χ3v) is 6.66. The Balaban J connectivity index is 1.23. The molecule has 1 aromatic carbocycles. The molecule has 2 aliphatic rings. The Morgan fingerprint density at radius 2 is 2.09 bits per heavy atom. The lowest BCUT2D eigenvalue weighted by atomic mass is 9.94. The van der Waals surface area contributed by atoms with Gasteiger partial charge in [-0.05, 0) is 54.5 Å². The summed E-state index contributed by atoms with van der Waals surface area (Å²) in [5.74, 6) is 0.738. The number of fused-ring (bicyclic) bond motifs is 2. The van der Waals surface area contributed by atoms with Crippen LogP contribution in [0.5, 0.6) is 5.75 Å². The Hall–Kier alpha value is -3.39. The summed E-state index contributed by atoms with van der Waals surface area (Å²) < 4.78 is 7.53. The minimum absolute atomic E-state index is 0.00683. The number of carboxylic acids is 1. The number of anilines is 1. The van der Waals surface area contributed by atoms with Crippen LogP contribution in [0, 0.1) is 0 Å². The Bertz CT molecular complexity index is 1180. The summed E-state index contributed by atoms with van der Waals surface area (Å²) in [7, 11) is 0. The van der Waals surface area contributed by atoms with Crippen LogP contribution >= 0.6 is 0 Å². The quantitative estimate of drug-likeness (QED) is 0.446. The van der Waals surface area contributed by atoms with Gasteiger partial charge in [0.05, 0.1) is 31.2 Å². The van der Waals surface area contributed by atoms with E-state index in [2.05, 4.69) is 16.4 Å². The van der Waals surface area contributed by atoms with Gasteiger partial charge < -0.3 is 24.8 Å². The van der Waals surface area contributed by atoms with Gasteiger partial charge in [-0.25, -0.2) is 9.97 Å². The van der Waals surface area contributed by atoms with Crippen molar-refractivity contribution in [3.8, 4) is 5.75 Å². The lowest BCUT2D eigenvalue weighted by Gasteiger charge is -2.18. The number of carbonyl (C=O) groups is 1. The van der Waals surface area contributed by atoms with Crippen molar-refractivity contribution in [3.05, 3.63) is 70.9 Å². The van der Waals surface area contributed by atoms with Crippen LogP contribution in [-0.2, 0) is 30.6 Å². The number of pyridine rings is 1. The SMILES string of the molecule is O=C(O)CC(Cn1cnc(C(O)CCc2ccc3c(n2)NCCC3)c1)c1ccc2c(c1)OCC2. The van der Waals surface area contributed by atoms with Crippen molar-refractivity contribution < 1.29 is 19.7 Å². The van der Waals surface area contributed by atoms with Gasteiger partial charge in [0.1, 0.15) is 11.6 Å². The largest absolute Gasteiger partial charge is 0.493 e. The van der Waals surface area contributed by atoms with E-state index in [4.69, 9.17) is 9.72 Å². The first-order valence-corrected chi connectivity index (χ1v) is 11.9. The molecular formula is C26H30N4O4.